The summed E-state index contributed by atoms with van der Waals surface area (Å²) in [5.41, 5.74) is 0. The van der Waals surface area contributed by atoms with E-state index < -0.39 is 0 Å². The predicted molar refractivity (Wildman–Crippen MR) is 98.9 cm³/mol. The Morgan fingerprint density at radius 2 is 1.52 bits per heavy atom. The molecule has 1 aliphatic carbocycles. The second-order valence-electron chi connectivity index (χ2n) is 8.49. The molecule has 2 aliphatic rings. The number of rotatable bonds is 8. The van der Waals surface area contributed by atoms with E-state index in [1.54, 1.807) is 0 Å². The Bertz CT molecular complexity index is 303. The molecule has 0 amide bonds. The van der Waals surface area contributed by atoms with Crippen LogP contribution in [0.15, 0.2) is 0 Å². The lowest BCUT2D eigenvalue weighted by Gasteiger charge is -2.42. The van der Waals surface area contributed by atoms with E-state index in [-0.39, 0.29) is 0 Å². The predicted octanol–water partition coefficient (Wildman–Crippen LogP) is 3.88. The van der Waals surface area contributed by atoms with Gasteiger partial charge in [-0.2, -0.15) is 0 Å². The fourth-order valence-corrected chi connectivity index (χ4v) is 4.10. The summed E-state index contributed by atoms with van der Waals surface area (Å²) in [7, 11) is 0. The van der Waals surface area contributed by atoms with Crippen LogP contribution < -0.4 is 0 Å². The zero-order valence-electron chi connectivity index (χ0n) is 16.1. The molecule has 0 aromatic heterocycles. The van der Waals surface area contributed by atoms with E-state index in [0.717, 1.165) is 43.6 Å². The largest absolute Gasteiger partial charge is 0.380 e. The van der Waals surface area contributed by atoms with Gasteiger partial charge in [0.25, 0.3) is 0 Å². The van der Waals surface area contributed by atoms with Gasteiger partial charge < -0.3 is 4.74 Å². The van der Waals surface area contributed by atoms with Crippen LogP contribution in [-0.2, 0) is 4.74 Å². The first kappa shape index (κ1) is 19.2. The molecule has 1 saturated heterocycles. The molecule has 0 N–H and O–H groups in total. The topological polar surface area (TPSA) is 15.7 Å². The minimum Gasteiger partial charge on any atom is -0.380 e. The first-order valence-electron chi connectivity index (χ1n) is 10.1. The van der Waals surface area contributed by atoms with Crippen LogP contribution in [0, 0.1) is 17.8 Å². The van der Waals surface area contributed by atoms with Crippen LogP contribution in [0.3, 0.4) is 0 Å². The molecule has 1 heterocycles. The molecule has 0 aromatic rings. The second kappa shape index (κ2) is 10.0. The van der Waals surface area contributed by atoms with Crippen molar-refractivity contribution in [3.8, 4) is 0 Å². The number of piperazine rings is 1. The zero-order valence-corrected chi connectivity index (χ0v) is 16.1. The average Bonchev–Trinajstić information content (AvgIpc) is 2.55. The molecular weight excluding hydrogens is 284 g/mol. The highest BCUT2D eigenvalue weighted by atomic mass is 16.5. The molecule has 2 rings (SSSR count). The number of hydrogen-bond donors (Lipinski definition) is 0. The Hall–Kier alpha value is -0.120. The molecule has 0 spiro atoms. The Balaban J connectivity index is 1.56. The first-order valence-corrected chi connectivity index (χ1v) is 10.1. The molecule has 0 atom stereocenters. The molecule has 0 radical (unpaired) electrons. The van der Waals surface area contributed by atoms with Crippen LogP contribution in [0.4, 0.5) is 0 Å². The average molecular weight is 325 g/mol. The zero-order chi connectivity index (χ0) is 16.7. The second-order valence-corrected chi connectivity index (χ2v) is 8.49. The normalized spacial score (nSPS) is 27.9. The van der Waals surface area contributed by atoms with Crippen molar-refractivity contribution < 1.29 is 4.74 Å². The third-order valence-corrected chi connectivity index (χ3v) is 6.00. The van der Waals surface area contributed by atoms with Crippen LogP contribution in [0.2, 0.25) is 0 Å². The van der Waals surface area contributed by atoms with E-state index in [1.165, 1.54) is 58.3 Å². The van der Waals surface area contributed by atoms with Crippen molar-refractivity contribution in [3.63, 3.8) is 0 Å². The lowest BCUT2D eigenvalue weighted by molar-refractivity contribution is 0.0439. The number of ether oxygens (including phenoxy) is 1. The Labute approximate surface area is 144 Å². The molecule has 1 saturated carbocycles. The summed E-state index contributed by atoms with van der Waals surface area (Å²) in [6.45, 7) is 17.3. The van der Waals surface area contributed by atoms with Gasteiger partial charge in [0, 0.05) is 45.4 Å². The lowest BCUT2D eigenvalue weighted by atomic mass is 9.79. The Morgan fingerprint density at radius 3 is 2.09 bits per heavy atom. The number of nitrogens with zero attached hydrogens (tertiary/aromatic N) is 2. The van der Waals surface area contributed by atoms with Crippen LogP contribution in [0.5, 0.6) is 0 Å². The highest BCUT2D eigenvalue weighted by Gasteiger charge is 2.29. The van der Waals surface area contributed by atoms with Gasteiger partial charge in [0.15, 0.2) is 0 Å². The summed E-state index contributed by atoms with van der Waals surface area (Å²) in [4.78, 5) is 5.36. The van der Waals surface area contributed by atoms with Crippen LogP contribution in [-0.4, -0.2) is 61.8 Å². The highest BCUT2D eigenvalue weighted by Crippen LogP contribution is 2.32. The molecule has 2 fully saturated rings. The fraction of sp³-hybridized carbons (Fsp3) is 1.00. The van der Waals surface area contributed by atoms with Gasteiger partial charge in [-0.1, -0.05) is 27.7 Å². The summed E-state index contributed by atoms with van der Waals surface area (Å²) >= 11 is 0. The Kier molecular flexibility index (Phi) is 8.35. The smallest absolute Gasteiger partial charge is 0.0593 e. The van der Waals surface area contributed by atoms with E-state index in [9.17, 15) is 0 Å². The van der Waals surface area contributed by atoms with E-state index in [0.29, 0.717) is 0 Å². The van der Waals surface area contributed by atoms with Crippen molar-refractivity contribution in [3.05, 3.63) is 0 Å². The van der Waals surface area contributed by atoms with Gasteiger partial charge in [-0.15, -0.1) is 0 Å². The van der Waals surface area contributed by atoms with Crippen molar-refractivity contribution in [1.82, 2.24) is 9.80 Å². The standard InChI is InChI=1S/C20H40N2O/c1-17(2)9-15-23-16-14-21-10-12-22(13-11-21)20-7-5-19(6-8-20)18(3)4/h17-20H,5-16H2,1-4H3. The molecule has 0 bridgehead atoms. The first-order chi connectivity index (χ1) is 11.1. The van der Waals surface area contributed by atoms with E-state index in [2.05, 4.69) is 37.5 Å². The summed E-state index contributed by atoms with van der Waals surface area (Å²) in [6.07, 6.45) is 6.95. The molecule has 3 nitrogen and oxygen atoms in total. The lowest BCUT2D eigenvalue weighted by Crippen LogP contribution is -2.51. The van der Waals surface area contributed by atoms with Crippen molar-refractivity contribution in [2.45, 2.75) is 65.8 Å². The van der Waals surface area contributed by atoms with Crippen molar-refractivity contribution in [2.75, 3.05) is 45.9 Å². The van der Waals surface area contributed by atoms with Crippen LogP contribution in [0.1, 0.15) is 59.8 Å². The maximum absolute atomic E-state index is 5.77. The van der Waals surface area contributed by atoms with Crippen molar-refractivity contribution >= 4 is 0 Å². The van der Waals surface area contributed by atoms with Crippen LogP contribution >= 0.6 is 0 Å². The Morgan fingerprint density at radius 1 is 0.870 bits per heavy atom. The van der Waals surface area contributed by atoms with E-state index in [1.807, 2.05) is 0 Å². The summed E-state index contributed by atoms with van der Waals surface area (Å²) in [5.74, 6) is 2.61. The van der Waals surface area contributed by atoms with Crippen molar-refractivity contribution in [2.24, 2.45) is 17.8 Å². The van der Waals surface area contributed by atoms with Gasteiger partial charge in [0.2, 0.25) is 0 Å². The summed E-state index contributed by atoms with van der Waals surface area (Å²) in [5, 5.41) is 0. The molecular formula is C20H40N2O. The SMILES string of the molecule is CC(C)CCOCCN1CCN(C2CCC(C(C)C)CC2)CC1. The van der Waals surface area contributed by atoms with Gasteiger partial charge in [-0.3, -0.25) is 9.80 Å². The van der Waals surface area contributed by atoms with E-state index >= 15 is 0 Å². The molecule has 0 unspecified atom stereocenters. The van der Waals surface area contributed by atoms with Gasteiger partial charge in [-0.25, -0.2) is 0 Å². The third-order valence-electron chi connectivity index (χ3n) is 6.00. The summed E-state index contributed by atoms with van der Waals surface area (Å²) in [6, 6.07) is 0.870. The third kappa shape index (κ3) is 6.72. The molecule has 1 aliphatic heterocycles. The monoisotopic (exact) mass is 324 g/mol. The van der Waals surface area contributed by atoms with Crippen LogP contribution in [0.25, 0.3) is 0 Å². The fourth-order valence-electron chi connectivity index (χ4n) is 4.10. The maximum atomic E-state index is 5.77. The quantitative estimate of drug-likeness (QED) is 0.630. The van der Waals surface area contributed by atoms with Gasteiger partial charge in [0.05, 0.1) is 6.61 Å². The van der Waals surface area contributed by atoms with Gasteiger partial charge in [-0.05, 0) is 49.9 Å². The van der Waals surface area contributed by atoms with Gasteiger partial charge in [0.1, 0.15) is 0 Å². The minimum absolute atomic E-state index is 0.754. The summed E-state index contributed by atoms with van der Waals surface area (Å²) < 4.78 is 5.77. The molecule has 3 heteroatoms. The molecule has 136 valence electrons. The van der Waals surface area contributed by atoms with Crippen molar-refractivity contribution in [1.29, 1.82) is 0 Å². The van der Waals surface area contributed by atoms with Gasteiger partial charge >= 0.3 is 0 Å². The number of hydrogen-bond acceptors (Lipinski definition) is 3. The maximum Gasteiger partial charge on any atom is 0.0593 e. The molecule has 23 heavy (non-hydrogen) atoms. The van der Waals surface area contributed by atoms with E-state index in [4.69, 9.17) is 4.74 Å². The molecule has 0 aromatic carbocycles. The minimum atomic E-state index is 0.754. The highest BCUT2D eigenvalue weighted by molar-refractivity contribution is 4.84.